The number of nitrogens with zero attached hydrogens (tertiary/aromatic N) is 3. The van der Waals surface area contributed by atoms with Crippen molar-refractivity contribution in [3.05, 3.63) is 83.4 Å². The summed E-state index contributed by atoms with van der Waals surface area (Å²) in [6.45, 7) is 5.07. The molecular weight excluding hydrogens is 419 g/mol. The Hall–Kier alpha value is -3.87. The van der Waals surface area contributed by atoms with Crippen LogP contribution in [-0.2, 0) is 13.6 Å². The van der Waals surface area contributed by atoms with Gasteiger partial charge in [-0.15, -0.1) is 0 Å². The van der Waals surface area contributed by atoms with Crippen LogP contribution in [0.5, 0.6) is 11.5 Å². The summed E-state index contributed by atoms with van der Waals surface area (Å²) in [5, 5.41) is 4.28. The highest BCUT2D eigenvalue weighted by atomic mass is 19.1. The number of aryl methyl sites for hydroxylation is 1. The third kappa shape index (κ3) is 3.69. The Balaban J connectivity index is 1.37. The van der Waals surface area contributed by atoms with Gasteiger partial charge in [0.15, 0.2) is 11.6 Å². The van der Waals surface area contributed by atoms with Crippen LogP contribution < -0.4 is 10.1 Å². The lowest BCUT2D eigenvalue weighted by Gasteiger charge is -2.18. The first-order chi connectivity index (χ1) is 16.0. The van der Waals surface area contributed by atoms with Crippen LogP contribution in [0.4, 0.5) is 10.2 Å². The summed E-state index contributed by atoms with van der Waals surface area (Å²) < 4.78 is 22.9. The molecule has 0 spiro atoms. The summed E-state index contributed by atoms with van der Waals surface area (Å²) in [6.07, 6.45) is 3.58. The molecule has 3 heterocycles. The van der Waals surface area contributed by atoms with Gasteiger partial charge in [0.2, 0.25) is 0 Å². The molecule has 33 heavy (non-hydrogen) atoms. The Bertz CT molecular complexity index is 1360. The lowest BCUT2D eigenvalue weighted by molar-refractivity contribution is 0.0787. The van der Waals surface area contributed by atoms with Crippen LogP contribution in [0.2, 0.25) is 0 Å². The molecule has 2 aromatic carbocycles. The molecule has 0 fully saturated rings. The number of anilines is 1. The van der Waals surface area contributed by atoms with Crippen LogP contribution in [0, 0.1) is 5.82 Å². The average Bonchev–Trinajstić information content (AvgIpc) is 3.36. The zero-order valence-electron chi connectivity index (χ0n) is 18.8. The molecule has 1 unspecified atom stereocenters. The molecular formula is C26H25FN4O2. The fourth-order valence-corrected chi connectivity index (χ4v) is 4.30. The number of ether oxygens (including phenoxy) is 1. The van der Waals surface area contributed by atoms with Crippen LogP contribution >= 0.6 is 0 Å². The first kappa shape index (κ1) is 21.0. The number of hydrogen-bond donors (Lipinski definition) is 1. The number of pyridine rings is 1. The minimum Gasteiger partial charge on any atom is -0.454 e. The summed E-state index contributed by atoms with van der Waals surface area (Å²) in [7, 11) is 1.96. The van der Waals surface area contributed by atoms with Crippen LogP contribution in [-0.4, -0.2) is 26.9 Å². The molecule has 6 nitrogen and oxygen atoms in total. The van der Waals surface area contributed by atoms with E-state index in [1.54, 1.807) is 23.2 Å². The van der Waals surface area contributed by atoms with Crippen molar-refractivity contribution < 1.29 is 13.9 Å². The minimum atomic E-state index is -0.437. The fourth-order valence-electron chi connectivity index (χ4n) is 4.30. The molecule has 0 aliphatic carbocycles. The lowest BCUT2D eigenvalue weighted by atomic mass is 10.1. The molecule has 7 heteroatoms. The predicted octanol–water partition coefficient (Wildman–Crippen LogP) is 5.65. The highest BCUT2D eigenvalue weighted by Crippen LogP contribution is 2.34. The van der Waals surface area contributed by atoms with Crippen molar-refractivity contribution in [1.82, 2.24) is 14.5 Å². The molecule has 0 radical (unpaired) electrons. The Morgan fingerprint density at radius 2 is 2.03 bits per heavy atom. The average molecular weight is 445 g/mol. The maximum absolute atomic E-state index is 15.0. The number of halogens is 1. The van der Waals surface area contributed by atoms with Crippen molar-refractivity contribution >= 4 is 22.6 Å². The number of fused-ring (bicyclic) bond motifs is 2. The third-order valence-electron chi connectivity index (χ3n) is 6.22. The summed E-state index contributed by atoms with van der Waals surface area (Å²) in [6, 6.07) is 14.2. The SMILES string of the molecule is CCN1Cc2c(ccnc2NC(C)c2ccc(Oc3cccc4c3ccn4C)c(F)c2)C1=O. The van der Waals surface area contributed by atoms with Gasteiger partial charge in [-0.1, -0.05) is 12.1 Å². The molecule has 1 aliphatic heterocycles. The lowest BCUT2D eigenvalue weighted by Crippen LogP contribution is -2.22. The van der Waals surface area contributed by atoms with Gasteiger partial charge in [0, 0.05) is 42.5 Å². The number of carbonyl (C=O) groups is 1. The molecule has 2 aromatic heterocycles. The summed E-state index contributed by atoms with van der Waals surface area (Å²) in [5.41, 5.74) is 3.33. The molecule has 1 atom stereocenters. The fraction of sp³-hybridized carbons (Fsp3) is 0.231. The maximum Gasteiger partial charge on any atom is 0.254 e. The van der Waals surface area contributed by atoms with Crippen LogP contribution in [0.3, 0.4) is 0 Å². The Kier molecular flexibility index (Phi) is 5.24. The molecule has 0 saturated carbocycles. The number of hydrogen-bond acceptors (Lipinski definition) is 4. The van der Waals surface area contributed by atoms with E-state index in [1.807, 2.05) is 62.0 Å². The van der Waals surface area contributed by atoms with Gasteiger partial charge in [-0.05, 0) is 55.8 Å². The number of rotatable bonds is 6. The minimum absolute atomic E-state index is 0.0200. The first-order valence-corrected chi connectivity index (χ1v) is 11.0. The smallest absolute Gasteiger partial charge is 0.254 e. The van der Waals surface area contributed by atoms with Crippen LogP contribution in [0.25, 0.3) is 10.9 Å². The van der Waals surface area contributed by atoms with E-state index in [1.165, 1.54) is 6.07 Å². The summed E-state index contributed by atoms with van der Waals surface area (Å²) in [4.78, 5) is 18.7. The van der Waals surface area contributed by atoms with Crippen molar-refractivity contribution in [2.75, 3.05) is 11.9 Å². The van der Waals surface area contributed by atoms with E-state index in [4.69, 9.17) is 4.74 Å². The number of benzene rings is 2. The Morgan fingerprint density at radius 1 is 1.18 bits per heavy atom. The van der Waals surface area contributed by atoms with Crippen LogP contribution in [0.15, 0.2) is 60.9 Å². The van der Waals surface area contributed by atoms with Gasteiger partial charge < -0.3 is 19.5 Å². The van der Waals surface area contributed by atoms with Gasteiger partial charge in [-0.2, -0.15) is 0 Å². The van der Waals surface area contributed by atoms with Gasteiger partial charge >= 0.3 is 0 Å². The van der Waals surface area contributed by atoms with E-state index in [0.29, 0.717) is 30.2 Å². The maximum atomic E-state index is 15.0. The van der Waals surface area contributed by atoms with Gasteiger partial charge in [0.05, 0.1) is 18.1 Å². The van der Waals surface area contributed by atoms with Crippen molar-refractivity contribution in [1.29, 1.82) is 0 Å². The van der Waals surface area contributed by atoms with Gasteiger partial charge in [-0.3, -0.25) is 4.79 Å². The van der Waals surface area contributed by atoms with E-state index in [2.05, 4.69) is 10.3 Å². The largest absolute Gasteiger partial charge is 0.454 e. The second kappa shape index (κ2) is 8.24. The van der Waals surface area contributed by atoms with Gasteiger partial charge in [-0.25, -0.2) is 9.37 Å². The first-order valence-electron chi connectivity index (χ1n) is 11.0. The van der Waals surface area contributed by atoms with Crippen LogP contribution in [0.1, 0.15) is 41.4 Å². The standard InChI is InChI=1S/C26H25FN4O2/c1-4-31-15-20-18(26(31)32)10-12-28-25(20)29-16(2)17-8-9-24(21(27)14-17)33-23-7-5-6-22-19(23)11-13-30(22)3/h5-14,16H,4,15H2,1-3H3,(H,28,29). The number of nitrogens with one attached hydrogen (secondary N) is 1. The molecule has 1 aliphatic rings. The van der Waals surface area contributed by atoms with Crippen molar-refractivity contribution in [3.63, 3.8) is 0 Å². The zero-order chi connectivity index (χ0) is 23.1. The molecule has 0 saturated heterocycles. The zero-order valence-corrected chi connectivity index (χ0v) is 18.8. The van der Waals surface area contributed by atoms with Crippen molar-refractivity contribution in [2.24, 2.45) is 7.05 Å². The monoisotopic (exact) mass is 444 g/mol. The number of amides is 1. The molecule has 5 rings (SSSR count). The van der Waals surface area contributed by atoms with Crippen molar-refractivity contribution in [2.45, 2.75) is 26.4 Å². The van der Waals surface area contributed by atoms with E-state index in [0.717, 1.165) is 22.0 Å². The molecule has 4 aromatic rings. The second-order valence-electron chi connectivity index (χ2n) is 8.28. The molecule has 168 valence electrons. The quantitative estimate of drug-likeness (QED) is 0.417. The summed E-state index contributed by atoms with van der Waals surface area (Å²) in [5.74, 6) is 1.02. The van der Waals surface area contributed by atoms with Gasteiger partial charge in [0.25, 0.3) is 5.91 Å². The second-order valence-corrected chi connectivity index (χ2v) is 8.28. The topological polar surface area (TPSA) is 59.4 Å². The van der Waals surface area contributed by atoms with Gasteiger partial charge in [0.1, 0.15) is 11.6 Å². The Labute approximate surface area is 191 Å². The van der Waals surface area contributed by atoms with E-state index < -0.39 is 5.82 Å². The number of aromatic nitrogens is 2. The third-order valence-corrected chi connectivity index (χ3v) is 6.22. The predicted molar refractivity (Wildman–Crippen MR) is 126 cm³/mol. The normalized spacial score (nSPS) is 13.9. The highest BCUT2D eigenvalue weighted by molar-refractivity contribution is 5.99. The van der Waals surface area contributed by atoms with E-state index in [-0.39, 0.29) is 17.7 Å². The highest BCUT2D eigenvalue weighted by Gasteiger charge is 2.29. The molecule has 1 N–H and O–H groups in total. The van der Waals surface area contributed by atoms with E-state index in [9.17, 15) is 9.18 Å². The molecule has 1 amide bonds. The Morgan fingerprint density at radius 3 is 2.82 bits per heavy atom. The molecule has 0 bridgehead atoms. The summed E-state index contributed by atoms with van der Waals surface area (Å²) >= 11 is 0. The van der Waals surface area contributed by atoms with E-state index >= 15 is 0 Å². The number of carbonyl (C=O) groups excluding carboxylic acids is 1. The van der Waals surface area contributed by atoms with Crippen molar-refractivity contribution in [3.8, 4) is 11.5 Å².